The number of imidazole rings is 1. The van der Waals surface area contributed by atoms with Crippen LogP contribution in [-0.4, -0.2) is 34.3 Å². The van der Waals surface area contributed by atoms with Crippen molar-refractivity contribution < 1.29 is 4.74 Å². The molecule has 1 aromatic heterocycles. The molecule has 4 nitrogen and oxygen atoms in total. The van der Waals surface area contributed by atoms with Gasteiger partial charge in [0.15, 0.2) is 0 Å². The average Bonchev–Trinajstić information content (AvgIpc) is 2.82. The van der Waals surface area contributed by atoms with Crippen molar-refractivity contribution in [3.63, 3.8) is 0 Å². The molecule has 3 rings (SSSR count). The van der Waals surface area contributed by atoms with Crippen molar-refractivity contribution in [2.45, 2.75) is 64.3 Å². The van der Waals surface area contributed by atoms with Gasteiger partial charge in [0.05, 0.1) is 12.2 Å². The van der Waals surface area contributed by atoms with Crippen LogP contribution in [0.1, 0.15) is 38.9 Å². The minimum absolute atomic E-state index is 0.396. The van der Waals surface area contributed by atoms with Crippen LogP contribution in [0, 0.1) is 5.92 Å². The molecule has 0 bridgehead atoms. The minimum atomic E-state index is 0.396. The number of rotatable bonds is 3. The summed E-state index contributed by atoms with van der Waals surface area (Å²) in [6, 6.07) is 0.628. The number of nitrogens with zero attached hydrogens (tertiary/aromatic N) is 2. The SMILES string of the molecule is C[C@@H]1CC(NC[C@H]2CCc3nccn3C2)C[C@H](C)O1. The Morgan fingerprint density at radius 1 is 1.37 bits per heavy atom. The van der Waals surface area contributed by atoms with E-state index in [1.165, 1.54) is 12.2 Å². The molecule has 3 heterocycles. The molecule has 4 heteroatoms. The van der Waals surface area contributed by atoms with Gasteiger partial charge in [-0.15, -0.1) is 0 Å². The van der Waals surface area contributed by atoms with Gasteiger partial charge >= 0.3 is 0 Å². The molecule has 106 valence electrons. The second-order valence-corrected chi connectivity index (χ2v) is 6.23. The quantitative estimate of drug-likeness (QED) is 0.906. The van der Waals surface area contributed by atoms with Crippen LogP contribution >= 0.6 is 0 Å². The molecule has 0 saturated carbocycles. The molecule has 2 aliphatic heterocycles. The second kappa shape index (κ2) is 5.63. The summed E-state index contributed by atoms with van der Waals surface area (Å²) in [5, 5.41) is 3.76. The fraction of sp³-hybridized carbons (Fsp3) is 0.800. The molecule has 4 atom stereocenters. The topological polar surface area (TPSA) is 39.1 Å². The molecule has 0 radical (unpaired) electrons. The van der Waals surface area contributed by atoms with Crippen LogP contribution in [0.2, 0.25) is 0 Å². The van der Waals surface area contributed by atoms with Gasteiger partial charge in [0.2, 0.25) is 0 Å². The van der Waals surface area contributed by atoms with E-state index >= 15 is 0 Å². The highest BCUT2D eigenvalue weighted by atomic mass is 16.5. The third kappa shape index (κ3) is 3.18. The van der Waals surface area contributed by atoms with Gasteiger partial charge in [-0.05, 0) is 45.6 Å². The molecule has 0 aromatic carbocycles. The van der Waals surface area contributed by atoms with Crippen molar-refractivity contribution in [1.29, 1.82) is 0 Å². The van der Waals surface area contributed by atoms with Gasteiger partial charge in [-0.1, -0.05) is 0 Å². The van der Waals surface area contributed by atoms with Crippen LogP contribution in [-0.2, 0) is 17.7 Å². The normalized spacial score (nSPS) is 35.1. The predicted molar refractivity (Wildman–Crippen MR) is 75.1 cm³/mol. The fourth-order valence-electron chi connectivity index (χ4n) is 3.51. The van der Waals surface area contributed by atoms with E-state index in [1.807, 2.05) is 6.20 Å². The first-order valence-corrected chi connectivity index (χ1v) is 7.59. The van der Waals surface area contributed by atoms with E-state index < -0.39 is 0 Å². The van der Waals surface area contributed by atoms with Gasteiger partial charge in [0.25, 0.3) is 0 Å². The molecule has 0 aliphatic carbocycles. The van der Waals surface area contributed by atoms with Gasteiger partial charge in [-0.2, -0.15) is 0 Å². The van der Waals surface area contributed by atoms with Crippen LogP contribution in [0.15, 0.2) is 12.4 Å². The van der Waals surface area contributed by atoms with Crippen LogP contribution in [0.25, 0.3) is 0 Å². The van der Waals surface area contributed by atoms with Crippen molar-refractivity contribution in [2.24, 2.45) is 5.92 Å². The highest BCUT2D eigenvalue weighted by Crippen LogP contribution is 2.21. The molecular weight excluding hydrogens is 238 g/mol. The summed E-state index contributed by atoms with van der Waals surface area (Å²) >= 11 is 0. The lowest BCUT2D eigenvalue weighted by atomic mass is 9.96. The van der Waals surface area contributed by atoms with Crippen molar-refractivity contribution in [3.05, 3.63) is 18.2 Å². The Kier molecular flexibility index (Phi) is 3.89. The second-order valence-electron chi connectivity index (χ2n) is 6.23. The van der Waals surface area contributed by atoms with Crippen molar-refractivity contribution >= 4 is 0 Å². The maximum absolute atomic E-state index is 5.79. The lowest BCUT2D eigenvalue weighted by molar-refractivity contribution is -0.0426. The number of hydrogen-bond acceptors (Lipinski definition) is 3. The highest BCUT2D eigenvalue weighted by Gasteiger charge is 2.25. The van der Waals surface area contributed by atoms with Crippen molar-refractivity contribution in [1.82, 2.24) is 14.9 Å². The Balaban J connectivity index is 1.48. The third-order valence-electron chi connectivity index (χ3n) is 4.43. The molecule has 0 spiro atoms. The summed E-state index contributed by atoms with van der Waals surface area (Å²) in [5.74, 6) is 2.00. The van der Waals surface area contributed by atoms with Crippen LogP contribution in [0.4, 0.5) is 0 Å². The molecule has 1 saturated heterocycles. The Hall–Kier alpha value is -0.870. The molecule has 1 fully saturated rings. The third-order valence-corrected chi connectivity index (χ3v) is 4.43. The molecular formula is C15H25N3O. The summed E-state index contributed by atoms with van der Waals surface area (Å²) in [6.07, 6.45) is 9.51. The molecule has 2 aliphatic rings. The van der Waals surface area contributed by atoms with E-state index in [0.29, 0.717) is 18.2 Å². The van der Waals surface area contributed by atoms with Gasteiger partial charge in [0.1, 0.15) is 5.82 Å². The van der Waals surface area contributed by atoms with Crippen LogP contribution in [0.3, 0.4) is 0 Å². The Morgan fingerprint density at radius 2 is 2.16 bits per heavy atom. The first kappa shape index (κ1) is 13.1. The van der Waals surface area contributed by atoms with Crippen LogP contribution in [0.5, 0.6) is 0 Å². The monoisotopic (exact) mass is 263 g/mol. The van der Waals surface area contributed by atoms with E-state index in [2.05, 4.69) is 34.9 Å². The summed E-state index contributed by atoms with van der Waals surface area (Å²) in [4.78, 5) is 4.39. The zero-order valence-electron chi connectivity index (χ0n) is 12.0. The Bertz CT molecular complexity index is 407. The number of aromatic nitrogens is 2. The lowest BCUT2D eigenvalue weighted by Crippen LogP contribution is -2.43. The molecule has 1 aromatic rings. The van der Waals surface area contributed by atoms with Gasteiger partial charge in [-0.3, -0.25) is 0 Å². The average molecular weight is 263 g/mol. The maximum atomic E-state index is 5.79. The Labute approximate surface area is 115 Å². The maximum Gasteiger partial charge on any atom is 0.108 e. The molecule has 19 heavy (non-hydrogen) atoms. The first-order valence-electron chi connectivity index (χ1n) is 7.59. The van der Waals surface area contributed by atoms with Crippen LogP contribution < -0.4 is 5.32 Å². The standard InChI is InChI=1S/C15H25N3O/c1-11-7-14(8-12(2)19-11)17-9-13-3-4-15-16-5-6-18(15)10-13/h5-6,11-14,17H,3-4,7-10H2,1-2H3/t11-,12+,13-,14?/m1/s1. The number of nitrogens with one attached hydrogen (secondary N) is 1. The predicted octanol–water partition coefficient (Wildman–Crippen LogP) is 1.99. The molecule has 1 N–H and O–H groups in total. The first-order chi connectivity index (χ1) is 9.20. The van der Waals surface area contributed by atoms with E-state index in [9.17, 15) is 0 Å². The van der Waals surface area contributed by atoms with Crippen molar-refractivity contribution in [2.75, 3.05) is 6.54 Å². The smallest absolute Gasteiger partial charge is 0.108 e. The Morgan fingerprint density at radius 3 is 2.95 bits per heavy atom. The van der Waals surface area contributed by atoms with Gasteiger partial charge in [0, 0.05) is 31.4 Å². The molecule has 0 amide bonds. The highest BCUT2D eigenvalue weighted by molar-refractivity contribution is 4.97. The van der Waals surface area contributed by atoms with E-state index in [0.717, 1.165) is 38.3 Å². The zero-order valence-corrected chi connectivity index (χ0v) is 12.0. The summed E-state index contributed by atoms with van der Waals surface area (Å²) in [7, 11) is 0. The van der Waals surface area contributed by atoms with Crippen molar-refractivity contribution in [3.8, 4) is 0 Å². The zero-order chi connectivity index (χ0) is 13.2. The minimum Gasteiger partial charge on any atom is -0.375 e. The number of ether oxygens (including phenoxy) is 1. The largest absolute Gasteiger partial charge is 0.375 e. The fourth-order valence-corrected chi connectivity index (χ4v) is 3.51. The molecule has 1 unspecified atom stereocenters. The number of fused-ring (bicyclic) bond motifs is 1. The van der Waals surface area contributed by atoms with E-state index in [4.69, 9.17) is 4.74 Å². The number of aryl methyl sites for hydroxylation is 1. The van der Waals surface area contributed by atoms with Gasteiger partial charge in [-0.25, -0.2) is 4.98 Å². The lowest BCUT2D eigenvalue weighted by Gasteiger charge is -2.34. The summed E-state index contributed by atoms with van der Waals surface area (Å²) in [5.41, 5.74) is 0. The number of hydrogen-bond donors (Lipinski definition) is 1. The van der Waals surface area contributed by atoms with E-state index in [1.54, 1.807) is 0 Å². The van der Waals surface area contributed by atoms with Gasteiger partial charge < -0.3 is 14.6 Å². The van der Waals surface area contributed by atoms with E-state index in [-0.39, 0.29) is 0 Å². The summed E-state index contributed by atoms with van der Waals surface area (Å²) < 4.78 is 8.10. The summed E-state index contributed by atoms with van der Waals surface area (Å²) in [6.45, 7) is 6.61.